The summed E-state index contributed by atoms with van der Waals surface area (Å²) in [4.78, 5) is 24.9. The monoisotopic (exact) mass is 306 g/mol. The molecule has 0 aliphatic heterocycles. The van der Waals surface area contributed by atoms with Crippen LogP contribution in [-0.2, 0) is 4.79 Å². The van der Waals surface area contributed by atoms with Crippen molar-refractivity contribution in [2.75, 3.05) is 0 Å². The summed E-state index contributed by atoms with van der Waals surface area (Å²) in [6.07, 6.45) is 1.80. The van der Waals surface area contributed by atoms with Gasteiger partial charge < -0.3 is 9.72 Å². The van der Waals surface area contributed by atoms with Gasteiger partial charge in [-0.2, -0.15) is 0 Å². The van der Waals surface area contributed by atoms with Crippen LogP contribution in [0.1, 0.15) is 24.3 Å². The third kappa shape index (κ3) is 2.88. The summed E-state index contributed by atoms with van der Waals surface area (Å²) < 4.78 is 1.77. The minimum absolute atomic E-state index is 0.0853. The van der Waals surface area contributed by atoms with Crippen LogP contribution in [0.4, 0.5) is 0 Å². The van der Waals surface area contributed by atoms with Gasteiger partial charge in [-0.15, -0.1) is 0 Å². The van der Waals surface area contributed by atoms with Crippen LogP contribution in [0.3, 0.4) is 0 Å². The molecule has 0 radical (unpaired) electrons. The van der Waals surface area contributed by atoms with E-state index < -0.39 is 11.7 Å². The molecule has 0 spiro atoms. The van der Waals surface area contributed by atoms with Crippen LogP contribution < -0.4 is 5.32 Å². The number of hydrogen-bond donors (Lipinski definition) is 1. The van der Waals surface area contributed by atoms with Crippen LogP contribution in [0, 0.1) is 0 Å². The molecular weight excluding hydrogens is 288 g/mol. The standard InChI is InChI=1S/C19H18N2O2/c1-13(2)20-19(23)18(22)17-16(14-8-4-3-5-9-14)12-15-10-6-7-11-21(15)17/h3-13H,1-2H3,(H,20,23). The lowest BCUT2D eigenvalue weighted by Crippen LogP contribution is -2.36. The Morgan fingerprint density at radius 3 is 2.39 bits per heavy atom. The molecule has 0 aliphatic rings. The molecule has 0 saturated carbocycles. The van der Waals surface area contributed by atoms with Crippen molar-refractivity contribution in [3.05, 3.63) is 66.5 Å². The third-order valence-electron chi connectivity index (χ3n) is 3.61. The minimum Gasteiger partial charge on any atom is -0.347 e. The Morgan fingerprint density at radius 2 is 1.70 bits per heavy atom. The van der Waals surface area contributed by atoms with Gasteiger partial charge >= 0.3 is 0 Å². The van der Waals surface area contributed by atoms with Gasteiger partial charge in [-0.25, -0.2) is 0 Å². The molecule has 0 unspecified atom stereocenters. The number of rotatable bonds is 4. The van der Waals surface area contributed by atoms with Crippen molar-refractivity contribution in [1.29, 1.82) is 0 Å². The summed E-state index contributed by atoms with van der Waals surface area (Å²) in [5.41, 5.74) is 2.95. The lowest BCUT2D eigenvalue weighted by molar-refractivity contribution is -0.117. The molecule has 0 fully saturated rings. The Bertz CT molecular complexity index is 863. The molecule has 0 bridgehead atoms. The molecule has 3 aromatic rings. The number of pyridine rings is 1. The van der Waals surface area contributed by atoms with Crippen molar-refractivity contribution in [2.45, 2.75) is 19.9 Å². The largest absolute Gasteiger partial charge is 0.347 e. The highest BCUT2D eigenvalue weighted by Gasteiger charge is 2.24. The van der Waals surface area contributed by atoms with E-state index in [1.165, 1.54) is 0 Å². The first kappa shape index (κ1) is 15.0. The zero-order valence-corrected chi connectivity index (χ0v) is 13.1. The van der Waals surface area contributed by atoms with Gasteiger partial charge in [0.1, 0.15) is 5.69 Å². The number of carbonyl (C=O) groups excluding carboxylic acids is 2. The topological polar surface area (TPSA) is 50.6 Å². The van der Waals surface area contributed by atoms with Gasteiger partial charge in [-0.1, -0.05) is 36.4 Å². The Morgan fingerprint density at radius 1 is 1.00 bits per heavy atom. The second-order valence-corrected chi connectivity index (χ2v) is 5.73. The predicted molar refractivity (Wildman–Crippen MR) is 90.4 cm³/mol. The zero-order valence-electron chi connectivity index (χ0n) is 13.1. The van der Waals surface area contributed by atoms with E-state index >= 15 is 0 Å². The molecule has 0 atom stereocenters. The van der Waals surface area contributed by atoms with Gasteiger partial charge in [0.15, 0.2) is 0 Å². The summed E-state index contributed by atoms with van der Waals surface area (Å²) in [6.45, 7) is 3.67. The highest BCUT2D eigenvalue weighted by Crippen LogP contribution is 2.28. The maximum absolute atomic E-state index is 12.7. The van der Waals surface area contributed by atoms with Gasteiger partial charge in [0.05, 0.1) is 0 Å². The summed E-state index contributed by atoms with van der Waals surface area (Å²) in [5, 5.41) is 2.67. The zero-order chi connectivity index (χ0) is 16.4. The van der Waals surface area contributed by atoms with Crippen LogP contribution in [-0.4, -0.2) is 22.1 Å². The van der Waals surface area contributed by atoms with Crippen LogP contribution in [0.15, 0.2) is 60.8 Å². The minimum atomic E-state index is -0.582. The first-order chi connectivity index (χ1) is 11.1. The van der Waals surface area contributed by atoms with Crippen molar-refractivity contribution in [3.8, 4) is 11.1 Å². The number of hydrogen-bond acceptors (Lipinski definition) is 2. The first-order valence-corrected chi connectivity index (χ1v) is 7.58. The van der Waals surface area contributed by atoms with Crippen molar-refractivity contribution in [2.24, 2.45) is 0 Å². The van der Waals surface area contributed by atoms with E-state index in [0.717, 1.165) is 16.6 Å². The molecule has 3 rings (SSSR count). The summed E-state index contributed by atoms with van der Waals surface area (Å²) >= 11 is 0. The van der Waals surface area contributed by atoms with E-state index in [1.807, 2.05) is 68.4 Å². The molecule has 1 N–H and O–H groups in total. The molecule has 4 heteroatoms. The van der Waals surface area contributed by atoms with Crippen molar-refractivity contribution in [3.63, 3.8) is 0 Å². The fraction of sp³-hybridized carbons (Fsp3) is 0.158. The molecule has 2 heterocycles. The van der Waals surface area contributed by atoms with E-state index in [0.29, 0.717) is 5.69 Å². The number of benzene rings is 1. The Labute approximate surface area is 134 Å². The van der Waals surface area contributed by atoms with E-state index in [2.05, 4.69) is 5.32 Å². The molecule has 1 aromatic carbocycles. The normalized spacial score (nSPS) is 10.9. The number of nitrogens with zero attached hydrogens (tertiary/aromatic N) is 1. The van der Waals surface area contributed by atoms with Gasteiger partial charge in [-0.05, 0) is 37.6 Å². The molecule has 0 aliphatic carbocycles. The number of amides is 1. The van der Waals surface area contributed by atoms with Gasteiger partial charge in [0, 0.05) is 23.3 Å². The second-order valence-electron chi connectivity index (χ2n) is 5.73. The smallest absolute Gasteiger partial charge is 0.294 e. The molecule has 1 amide bonds. The fourth-order valence-corrected chi connectivity index (χ4v) is 2.63. The number of fused-ring (bicyclic) bond motifs is 1. The molecule has 0 saturated heterocycles. The van der Waals surface area contributed by atoms with Crippen molar-refractivity contribution >= 4 is 17.2 Å². The van der Waals surface area contributed by atoms with Crippen molar-refractivity contribution < 1.29 is 9.59 Å². The van der Waals surface area contributed by atoms with E-state index in [1.54, 1.807) is 10.6 Å². The van der Waals surface area contributed by atoms with Gasteiger partial charge in [-0.3, -0.25) is 9.59 Å². The Kier molecular flexibility index (Phi) is 3.98. The number of Topliss-reactive ketones (excluding diaryl/α,β-unsaturated/α-hetero) is 1. The SMILES string of the molecule is CC(C)NC(=O)C(=O)c1c(-c2ccccc2)cc2ccccn12. The summed E-state index contributed by atoms with van der Waals surface area (Å²) in [5.74, 6) is -1.11. The molecule has 23 heavy (non-hydrogen) atoms. The van der Waals surface area contributed by atoms with Gasteiger partial charge in [0.25, 0.3) is 11.7 Å². The Balaban J connectivity index is 2.18. The highest BCUT2D eigenvalue weighted by molar-refractivity contribution is 6.43. The number of nitrogens with one attached hydrogen (secondary N) is 1. The highest BCUT2D eigenvalue weighted by atomic mass is 16.2. The number of ketones is 1. The maximum atomic E-state index is 12.7. The number of aromatic nitrogens is 1. The predicted octanol–water partition coefficient (Wildman–Crippen LogP) is 3.31. The maximum Gasteiger partial charge on any atom is 0.294 e. The average Bonchev–Trinajstić information content (AvgIpc) is 2.93. The van der Waals surface area contributed by atoms with E-state index in [-0.39, 0.29) is 6.04 Å². The molecule has 2 aromatic heterocycles. The van der Waals surface area contributed by atoms with E-state index in [4.69, 9.17) is 0 Å². The number of carbonyl (C=O) groups is 2. The average molecular weight is 306 g/mol. The second kappa shape index (κ2) is 6.08. The van der Waals surface area contributed by atoms with Crippen LogP contribution in [0.2, 0.25) is 0 Å². The quantitative estimate of drug-likeness (QED) is 0.594. The molecule has 116 valence electrons. The summed E-state index contributed by atoms with van der Waals surface area (Å²) in [7, 11) is 0. The lowest BCUT2D eigenvalue weighted by Gasteiger charge is -2.09. The van der Waals surface area contributed by atoms with Crippen LogP contribution >= 0.6 is 0 Å². The molecular formula is C19H18N2O2. The van der Waals surface area contributed by atoms with Crippen LogP contribution in [0.25, 0.3) is 16.6 Å². The first-order valence-electron chi connectivity index (χ1n) is 7.58. The Hall–Kier alpha value is -2.88. The lowest BCUT2D eigenvalue weighted by atomic mass is 10.0. The summed E-state index contributed by atoms with van der Waals surface area (Å²) in [6, 6.07) is 17.2. The van der Waals surface area contributed by atoms with Crippen molar-refractivity contribution in [1.82, 2.24) is 9.72 Å². The van der Waals surface area contributed by atoms with E-state index in [9.17, 15) is 9.59 Å². The van der Waals surface area contributed by atoms with Gasteiger partial charge in [0.2, 0.25) is 0 Å². The molecule has 4 nitrogen and oxygen atoms in total. The third-order valence-corrected chi connectivity index (χ3v) is 3.61. The van der Waals surface area contributed by atoms with Crippen LogP contribution in [0.5, 0.6) is 0 Å². The fourth-order valence-electron chi connectivity index (χ4n) is 2.63.